The molecule has 0 saturated carbocycles. The quantitative estimate of drug-likeness (QED) is 0.387. The molecule has 0 aliphatic heterocycles. The average Bonchev–Trinajstić information content (AvgIpc) is 2.97. The lowest BCUT2D eigenvalue weighted by Gasteiger charge is -2.08. The van der Waals surface area contributed by atoms with Crippen molar-refractivity contribution >= 4 is 44.5 Å². The van der Waals surface area contributed by atoms with Crippen LogP contribution >= 0.6 is 11.6 Å². The van der Waals surface area contributed by atoms with E-state index >= 15 is 0 Å². The Morgan fingerprint density at radius 3 is 2.56 bits per heavy atom. The van der Waals surface area contributed by atoms with E-state index in [4.69, 9.17) is 16.0 Å². The molecule has 0 amide bonds. The first-order chi connectivity index (χ1) is 12.0. The lowest BCUT2D eigenvalue weighted by molar-refractivity contribution is 0.669. The van der Waals surface area contributed by atoms with Gasteiger partial charge in [-0.2, -0.15) is 0 Å². The van der Waals surface area contributed by atoms with E-state index in [0.29, 0.717) is 16.7 Å². The Labute approximate surface area is 152 Å². The van der Waals surface area contributed by atoms with Crippen LogP contribution < -0.4 is 0 Å². The van der Waals surface area contributed by atoms with E-state index in [1.54, 1.807) is 0 Å². The van der Waals surface area contributed by atoms with Gasteiger partial charge in [-0.15, -0.1) is 0 Å². The predicted octanol–water partition coefficient (Wildman–Crippen LogP) is 6.55. The summed E-state index contributed by atoms with van der Waals surface area (Å²) in [4.78, 5) is 9.02. The summed E-state index contributed by atoms with van der Waals surface area (Å²) in [7, 11) is 0. The van der Waals surface area contributed by atoms with Crippen LogP contribution in [-0.2, 0) is 0 Å². The first-order valence-electron chi connectivity index (χ1n) is 8.39. The monoisotopic (exact) mass is 352 g/mol. The third kappa shape index (κ3) is 3.67. The first kappa shape index (κ1) is 17.4. The van der Waals surface area contributed by atoms with Crippen molar-refractivity contribution in [3.8, 4) is 0 Å². The normalized spacial score (nSPS) is 14.2. The molecular formula is C21H21ClN2O. The Morgan fingerprint density at radius 1 is 1.12 bits per heavy atom. The van der Waals surface area contributed by atoms with E-state index in [0.717, 1.165) is 33.9 Å². The number of fused-ring (bicyclic) bond motifs is 3. The molecule has 3 nitrogen and oxygen atoms in total. The van der Waals surface area contributed by atoms with Crippen molar-refractivity contribution in [1.82, 2.24) is 0 Å². The maximum absolute atomic E-state index is 6.36. The van der Waals surface area contributed by atoms with Crippen molar-refractivity contribution in [2.45, 2.75) is 27.2 Å². The second-order valence-electron chi connectivity index (χ2n) is 6.22. The van der Waals surface area contributed by atoms with E-state index in [2.05, 4.69) is 29.6 Å². The SMILES string of the molecule is C=C(C)/N=C(\N=C(\Cl)[C@H](C)CC)c1ccc2c(c1)oc1ccccc12. The lowest BCUT2D eigenvalue weighted by Crippen LogP contribution is -2.07. The third-order valence-electron chi connectivity index (χ3n) is 4.17. The van der Waals surface area contributed by atoms with Gasteiger partial charge in [0, 0.05) is 28.0 Å². The third-order valence-corrected chi connectivity index (χ3v) is 4.62. The number of hydrogen-bond donors (Lipinski definition) is 0. The Morgan fingerprint density at radius 2 is 1.84 bits per heavy atom. The molecule has 3 rings (SSSR count). The smallest absolute Gasteiger partial charge is 0.160 e. The van der Waals surface area contributed by atoms with Crippen LogP contribution in [0.15, 0.2) is 69.1 Å². The molecule has 0 unspecified atom stereocenters. The van der Waals surface area contributed by atoms with Gasteiger partial charge in [0.15, 0.2) is 5.84 Å². The highest BCUT2D eigenvalue weighted by atomic mass is 35.5. The average molecular weight is 353 g/mol. The van der Waals surface area contributed by atoms with E-state index in [9.17, 15) is 0 Å². The van der Waals surface area contributed by atoms with Crippen LogP contribution in [0.3, 0.4) is 0 Å². The highest BCUT2D eigenvalue weighted by Crippen LogP contribution is 2.29. The van der Waals surface area contributed by atoms with Gasteiger partial charge in [-0.3, -0.25) is 0 Å². The van der Waals surface area contributed by atoms with Crippen LogP contribution in [0.4, 0.5) is 0 Å². The molecule has 0 radical (unpaired) electrons. The molecule has 3 aromatic rings. The van der Waals surface area contributed by atoms with Gasteiger partial charge >= 0.3 is 0 Å². The van der Waals surface area contributed by atoms with E-state index in [-0.39, 0.29) is 5.92 Å². The predicted molar refractivity (Wildman–Crippen MR) is 108 cm³/mol. The van der Waals surface area contributed by atoms with Gasteiger partial charge in [-0.1, -0.05) is 56.3 Å². The fourth-order valence-corrected chi connectivity index (χ4v) is 2.81. The molecule has 1 heterocycles. The molecule has 0 N–H and O–H groups in total. The topological polar surface area (TPSA) is 37.9 Å². The summed E-state index contributed by atoms with van der Waals surface area (Å²) in [5.74, 6) is 0.743. The number of halogens is 1. The Bertz CT molecular complexity index is 997. The summed E-state index contributed by atoms with van der Waals surface area (Å²) >= 11 is 6.36. The zero-order valence-electron chi connectivity index (χ0n) is 14.7. The second kappa shape index (κ2) is 7.24. The molecule has 0 aliphatic rings. The Balaban J connectivity index is 2.12. The molecule has 1 aromatic heterocycles. The zero-order valence-corrected chi connectivity index (χ0v) is 15.5. The molecule has 2 aromatic carbocycles. The van der Waals surface area contributed by atoms with Crippen molar-refractivity contribution in [2.75, 3.05) is 0 Å². The van der Waals surface area contributed by atoms with Crippen molar-refractivity contribution in [1.29, 1.82) is 0 Å². The number of furan rings is 1. The number of amidine groups is 1. The highest BCUT2D eigenvalue weighted by molar-refractivity contribution is 6.66. The standard InChI is InChI=1S/C21H21ClN2O/c1-5-14(4)20(22)24-21(23-13(2)3)15-10-11-17-16-8-6-7-9-18(16)25-19(17)12-15/h6-12,14H,2,5H2,1,3-4H3/b23-21-,24-20+/t14-/m1/s1. The molecule has 0 fully saturated rings. The van der Waals surface area contributed by atoms with Crippen molar-refractivity contribution in [3.63, 3.8) is 0 Å². The summed E-state index contributed by atoms with van der Waals surface area (Å²) in [6, 6.07) is 14.0. The van der Waals surface area contributed by atoms with Crippen LogP contribution in [0.25, 0.3) is 21.9 Å². The summed E-state index contributed by atoms with van der Waals surface area (Å²) in [6.45, 7) is 9.84. The molecular weight excluding hydrogens is 332 g/mol. The van der Waals surface area contributed by atoms with E-state index in [1.807, 2.05) is 50.2 Å². The largest absolute Gasteiger partial charge is 0.456 e. The number of allylic oxidation sites excluding steroid dienone is 1. The summed E-state index contributed by atoms with van der Waals surface area (Å²) in [5, 5.41) is 2.72. The molecule has 0 spiro atoms. The first-order valence-corrected chi connectivity index (χ1v) is 8.77. The molecule has 128 valence electrons. The minimum Gasteiger partial charge on any atom is -0.456 e. The van der Waals surface area contributed by atoms with Crippen LogP contribution in [0.5, 0.6) is 0 Å². The summed E-state index contributed by atoms with van der Waals surface area (Å²) in [6.07, 6.45) is 0.922. The number of hydrogen-bond acceptors (Lipinski definition) is 2. The van der Waals surface area contributed by atoms with Gasteiger partial charge in [0.05, 0.1) is 0 Å². The van der Waals surface area contributed by atoms with Crippen LogP contribution in [0, 0.1) is 5.92 Å². The minimum absolute atomic E-state index is 0.187. The molecule has 0 aliphatic carbocycles. The fraction of sp³-hybridized carbons (Fsp3) is 0.238. The van der Waals surface area contributed by atoms with Gasteiger partial charge in [0.1, 0.15) is 16.3 Å². The number of para-hydroxylation sites is 1. The van der Waals surface area contributed by atoms with Crippen molar-refractivity contribution in [3.05, 3.63) is 60.3 Å². The van der Waals surface area contributed by atoms with E-state index < -0.39 is 0 Å². The Kier molecular flexibility index (Phi) is 5.05. The number of nitrogens with zero attached hydrogens (tertiary/aromatic N) is 2. The molecule has 0 saturated heterocycles. The zero-order chi connectivity index (χ0) is 18.0. The van der Waals surface area contributed by atoms with Gasteiger partial charge in [-0.25, -0.2) is 9.98 Å². The van der Waals surface area contributed by atoms with Crippen molar-refractivity contribution < 1.29 is 4.42 Å². The number of rotatable bonds is 4. The molecule has 1 atom stereocenters. The number of benzene rings is 2. The van der Waals surface area contributed by atoms with Crippen LogP contribution in [-0.4, -0.2) is 11.0 Å². The minimum atomic E-state index is 0.187. The lowest BCUT2D eigenvalue weighted by atomic mass is 10.1. The van der Waals surface area contributed by atoms with Gasteiger partial charge in [-0.05, 0) is 31.5 Å². The molecule has 25 heavy (non-hydrogen) atoms. The molecule has 4 heteroatoms. The van der Waals surface area contributed by atoms with Crippen molar-refractivity contribution in [2.24, 2.45) is 15.9 Å². The maximum atomic E-state index is 6.36. The van der Waals surface area contributed by atoms with Gasteiger partial charge in [0.2, 0.25) is 0 Å². The number of aliphatic imine (C=N–C) groups is 2. The summed E-state index contributed by atoms with van der Waals surface area (Å²) < 4.78 is 5.96. The van der Waals surface area contributed by atoms with Crippen LogP contribution in [0.1, 0.15) is 32.8 Å². The highest BCUT2D eigenvalue weighted by Gasteiger charge is 2.12. The van der Waals surface area contributed by atoms with Gasteiger partial charge < -0.3 is 4.42 Å². The summed E-state index contributed by atoms with van der Waals surface area (Å²) in [5.41, 5.74) is 3.21. The maximum Gasteiger partial charge on any atom is 0.160 e. The van der Waals surface area contributed by atoms with E-state index in [1.165, 1.54) is 0 Å². The van der Waals surface area contributed by atoms with Crippen LogP contribution in [0.2, 0.25) is 0 Å². The Hall–Kier alpha value is -2.39. The fourth-order valence-electron chi connectivity index (χ4n) is 2.58. The molecule has 0 bridgehead atoms. The van der Waals surface area contributed by atoms with Gasteiger partial charge in [0.25, 0.3) is 0 Å². The second-order valence-corrected chi connectivity index (χ2v) is 6.61.